The lowest BCUT2D eigenvalue weighted by molar-refractivity contribution is -0.0205. The predicted molar refractivity (Wildman–Crippen MR) is 106 cm³/mol. The maximum Gasteiger partial charge on any atom is 0.319 e. The highest BCUT2D eigenvalue weighted by molar-refractivity contribution is 5.89. The summed E-state index contributed by atoms with van der Waals surface area (Å²) in [5.41, 5.74) is -0.138. The van der Waals surface area contributed by atoms with E-state index in [4.69, 9.17) is 4.74 Å². The molecule has 4 N–H and O–H groups in total. The number of anilines is 1. The molecule has 2 fully saturated rings. The van der Waals surface area contributed by atoms with Gasteiger partial charge in [0.25, 0.3) is 0 Å². The molecule has 2 aliphatic heterocycles. The van der Waals surface area contributed by atoms with E-state index < -0.39 is 36.0 Å². The van der Waals surface area contributed by atoms with Gasteiger partial charge in [-0.1, -0.05) is 6.92 Å². The Hall–Kier alpha value is -1.52. The molecule has 164 valence electrons. The van der Waals surface area contributed by atoms with Crippen LogP contribution in [0.4, 0.5) is 19.3 Å². The highest BCUT2D eigenvalue weighted by atomic mass is 35.5. The van der Waals surface area contributed by atoms with Crippen LogP contribution in [0, 0.1) is 17.6 Å². The van der Waals surface area contributed by atoms with Crippen molar-refractivity contribution in [2.45, 2.75) is 44.1 Å². The first kappa shape index (κ1) is 23.8. The molecule has 2 heterocycles. The van der Waals surface area contributed by atoms with Crippen molar-refractivity contribution in [2.75, 3.05) is 31.6 Å². The van der Waals surface area contributed by atoms with Crippen LogP contribution in [-0.4, -0.2) is 71.7 Å². The van der Waals surface area contributed by atoms with Crippen LogP contribution in [0.5, 0.6) is 0 Å². The van der Waals surface area contributed by atoms with E-state index in [1.165, 1.54) is 0 Å². The van der Waals surface area contributed by atoms with Gasteiger partial charge in [-0.3, -0.25) is 4.90 Å². The zero-order valence-corrected chi connectivity index (χ0v) is 17.0. The van der Waals surface area contributed by atoms with Crippen LogP contribution in [0.2, 0.25) is 0 Å². The Morgan fingerprint density at radius 1 is 1.28 bits per heavy atom. The Labute approximate surface area is 174 Å². The summed E-state index contributed by atoms with van der Waals surface area (Å²) in [5.74, 6) is -0.980. The van der Waals surface area contributed by atoms with Gasteiger partial charge in [-0.15, -0.1) is 12.4 Å². The monoisotopic (exact) mass is 435 g/mol. The molecule has 0 saturated carbocycles. The van der Waals surface area contributed by atoms with Gasteiger partial charge in [0.05, 0.1) is 24.4 Å². The number of ether oxygens (including phenoxy) is 1. The molecule has 4 atom stereocenters. The van der Waals surface area contributed by atoms with Gasteiger partial charge >= 0.3 is 6.03 Å². The molecule has 2 amide bonds. The molecule has 2 saturated heterocycles. The smallest absolute Gasteiger partial charge is 0.319 e. The quantitative estimate of drug-likeness (QED) is 0.565. The van der Waals surface area contributed by atoms with Gasteiger partial charge in [0.1, 0.15) is 23.8 Å². The van der Waals surface area contributed by atoms with Gasteiger partial charge in [-0.2, -0.15) is 0 Å². The molecular weight excluding hydrogens is 408 g/mol. The number of hydrogen-bond donors (Lipinski definition) is 4. The van der Waals surface area contributed by atoms with Crippen molar-refractivity contribution in [3.63, 3.8) is 0 Å². The van der Waals surface area contributed by atoms with E-state index in [0.29, 0.717) is 12.0 Å². The van der Waals surface area contributed by atoms with Crippen LogP contribution >= 0.6 is 12.4 Å². The lowest BCUT2D eigenvalue weighted by atomic mass is 9.94. The van der Waals surface area contributed by atoms with Crippen LogP contribution in [-0.2, 0) is 4.74 Å². The van der Waals surface area contributed by atoms with Crippen LogP contribution in [0.15, 0.2) is 18.2 Å². The highest BCUT2D eigenvalue weighted by Crippen LogP contribution is 2.29. The topological polar surface area (TPSA) is 94.1 Å². The van der Waals surface area contributed by atoms with Gasteiger partial charge in [0, 0.05) is 12.6 Å². The fraction of sp³-hybridized carbons (Fsp3) is 0.632. The highest BCUT2D eigenvalue weighted by Gasteiger charge is 2.46. The molecule has 10 heteroatoms. The van der Waals surface area contributed by atoms with Gasteiger partial charge in [-0.25, -0.2) is 13.6 Å². The Morgan fingerprint density at radius 2 is 1.97 bits per heavy atom. The second-order valence-corrected chi connectivity index (χ2v) is 7.55. The van der Waals surface area contributed by atoms with E-state index in [2.05, 4.69) is 22.5 Å². The summed E-state index contributed by atoms with van der Waals surface area (Å²) in [6.45, 7) is 3.58. The first-order chi connectivity index (χ1) is 13.4. The molecule has 1 aromatic carbocycles. The lowest BCUT2D eigenvalue weighted by Crippen LogP contribution is -2.53. The number of carbonyl (C=O) groups is 1. The second kappa shape index (κ2) is 10.5. The molecule has 0 unspecified atom stereocenters. The number of halogens is 3. The number of urea groups is 1. The molecule has 0 aliphatic carbocycles. The SMILES string of the molecule is CC1CCN([C@@H]2[C@H](O)[C@H](CO)O[C@@H]2CNC(=O)Nc2ccc(F)cc2F)CC1.Cl. The number of likely N-dealkylation sites (tertiary alicyclic amines) is 1. The zero-order valence-electron chi connectivity index (χ0n) is 16.2. The number of nitrogens with zero attached hydrogens (tertiary/aromatic N) is 1. The first-order valence-corrected chi connectivity index (χ1v) is 9.57. The first-order valence-electron chi connectivity index (χ1n) is 9.57. The van der Waals surface area contributed by atoms with Gasteiger partial charge < -0.3 is 25.6 Å². The lowest BCUT2D eigenvalue weighted by Gasteiger charge is -2.38. The van der Waals surface area contributed by atoms with Crippen molar-refractivity contribution in [3.05, 3.63) is 29.8 Å². The number of amides is 2. The molecule has 0 spiro atoms. The average molecular weight is 436 g/mol. The zero-order chi connectivity index (χ0) is 20.3. The maximum absolute atomic E-state index is 13.7. The number of aliphatic hydroxyl groups excluding tert-OH is 2. The molecule has 2 aliphatic rings. The fourth-order valence-electron chi connectivity index (χ4n) is 3.87. The molecule has 29 heavy (non-hydrogen) atoms. The number of carbonyl (C=O) groups excluding carboxylic acids is 1. The number of rotatable bonds is 5. The average Bonchev–Trinajstić information content (AvgIpc) is 2.99. The van der Waals surface area contributed by atoms with Gasteiger partial charge in [0.2, 0.25) is 0 Å². The molecule has 7 nitrogen and oxygen atoms in total. The Morgan fingerprint density at radius 3 is 2.59 bits per heavy atom. The minimum Gasteiger partial charge on any atom is -0.394 e. The van der Waals surface area contributed by atoms with Crippen LogP contribution in [0.25, 0.3) is 0 Å². The molecule has 0 bridgehead atoms. The predicted octanol–water partition coefficient (Wildman–Crippen LogP) is 1.73. The Kier molecular flexibility index (Phi) is 8.59. The maximum atomic E-state index is 13.7. The number of hydrogen-bond acceptors (Lipinski definition) is 5. The summed E-state index contributed by atoms with van der Waals surface area (Å²) in [5, 5.41) is 25.0. The van der Waals surface area contributed by atoms with Crippen molar-refractivity contribution >= 4 is 24.1 Å². The fourth-order valence-corrected chi connectivity index (χ4v) is 3.87. The van der Waals surface area contributed by atoms with Crippen molar-refractivity contribution in [2.24, 2.45) is 5.92 Å². The molecule has 0 aromatic heterocycles. The van der Waals surface area contributed by atoms with Gasteiger partial charge in [-0.05, 0) is 44.0 Å². The Balaban J connectivity index is 0.00000300. The number of piperidine rings is 1. The van der Waals surface area contributed by atoms with Crippen LogP contribution in [0.3, 0.4) is 0 Å². The van der Waals surface area contributed by atoms with Crippen molar-refractivity contribution in [1.82, 2.24) is 10.2 Å². The minimum atomic E-state index is -0.872. The van der Waals surface area contributed by atoms with Crippen LogP contribution in [0.1, 0.15) is 19.8 Å². The number of benzene rings is 1. The molecule has 1 aromatic rings. The largest absolute Gasteiger partial charge is 0.394 e. The van der Waals surface area contributed by atoms with Crippen molar-refractivity contribution in [3.8, 4) is 0 Å². The number of aliphatic hydroxyl groups is 2. The summed E-state index contributed by atoms with van der Waals surface area (Å²) in [6, 6.07) is 1.87. The summed E-state index contributed by atoms with van der Waals surface area (Å²) in [6.07, 6.45) is -0.0597. The van der Waals surface area contributed by atoms with E-state index >= 15 is 0 Å². The van der Waals surface area contributed by atoms with E-state index in [9.17, 15) is 23.8 Å². The van der Waals surface area contributed by atoms with Crippen LogP contribution < -0.4 is 10.6 Å². The summed E-state index contributed by atoms with van der Waals surface area (Å²) in [4.78, 5) is 14.2. The van der Waals surface area contributed by atoms with E-state index in [0.717, 1.165) is 38.1 Å². The standard InChI is InChI=1S/C19H27F2N3O4.ClH/c1-11-4-6-24(7-5-11)17-15(28-16(10-25)18(17)26)9-22-19(27)23-14-3-2-12(20)8-13(14)21;/h2-3,8,11,15-18,25-26H,4-7,9-10H2,1H3,(H2,22,23,27);1H/t15-,16+,17+,18-;/m1./s1. The minimum absolute atomic E-state index is 0. The van der Waals surface area contributed by atoms with Crippen molar-refractivity contribution in [1.29, 1.82) is 0 Å². The summed E-state index contributed by atoms with van der Waals surface area (Å²) < 4.78 is 32.4. The van der Waals surface area contributed by atoms with Crippen molar-refractivity contribution < 1.29 is 28.5 Å². The summed E-state index contributed by atoms with van der Waals surface area (Å²) in [7, 11) is 0. The Bertz CT molecular complexity index is 691. The third kappa shape index (κ3) is 5.76. The number of nitrogens with one attached hydrogen (secondary N) is 2. The molecule has 0 radical (unpaired) electrons. The second-order valence-electron chi connectivity index (χ2n) is 7.55. The third-order valence-electron chi connectivity index (χ3n) is 5.52. The normalized spacial score (nSPS) is 28.0. The third-order valence-corrected chi connectivity index (χ3v) is 5.52. The van der Waals surface area contributed by atoms with E-state index in [1.807, 2.05) is 0 Å². The van der Waals surface area contributed by atoms with Gasteiger partial charge in [0.15, 0.2) is 0 Å². The molecule has 3 rings (SSSR count). The van der Waals surface area contributed by atoms with E-state index in [-0.39, 0.29) is 37.3 Å². The summed E-state index contributed by atoms with van der Waals surface area (Å²) >= 11 is 0. The van der Waals surface area contributed by atoms with E-state index in [1.54, 1.807) is 0 Å². The molecular formula is C19H28ClF2N3O4.